The molecule has 0 aliphatic rings. The molecule has 0 radical (unpaired) electrons. The van der Waals surface area contributed by atoms with E-state index < -0.39 is 23.7 Å². The van der Waals surface area contributed by atoms with E-state index in [4.69, 9.17) is 25.8 Å². The number of ether oxygens (including phenoxy) is 3. The van der Waals surface area contributed by atoms with E-state index in [2.05, 4.69) is 5.32 Å². The van der Waals surface area contributed by atoms with Crippen molar-refractivity contribution in [1.82, 2.24) is 5.32 Å². The van der Waals surface area contributed by atoms with Crippen LogP contribution in [0.4, 0.5) is 4.79 Å². The Morgan fingerprint density at radius 1 is 1.13 bits per heavy atom. The molecule has 1 atom stereocenters. The van der Waals surface area contributed by atoms with Crippen LogP contribution in [0.2, 0.25) is 5.02 Å². The van der Waals surface area contributed by atoms with E-state index in [1.807, 2.05) is 19.1 Å². The van der Waals surface area contributed by atoms with Gasteiger partial charge in [0.25, 0.3) is 0 Å². The summed E-state index contributed by atoms with van der Waals surface area (Å²) in [5, 5.41) is 12.4. The molecule has 0 bridgehead atoms. The monoisotopic (exact) mass is 449 g/mol. The first-order valence-corrected chi connectivity index (χ1v) is 10.1. The summed E-state index contributed by atoms with van der Waals surface area (Å²) < 4.78 is 16.4. The molecule has 0 fully saturated rings. The first kappa shape index (κ1) is 24.3. The minimum absolute atomic E-state index is 0.0663. The second-order valence-corrected chi connectivity index (χ2v) is 8.52. The number of alkyl carbamates (subject to hydrolysis) is 1. The van der Waals surface area contributed by atoms with E-state index in [0.29, 0.717) is 22.1 Å². The summed E-state index contributed by atoms with van der Waals surface area (Å²) in [6.07, 6.45) is -0.720. The highest BCUT2D eigenvalue weighted by atomic mass is 35.5. The number of hydrogen-bond donors (Lipinski definition) is 2. The van der Waals surface area contributed by atoms with Crippen molar-refractivity contribution in [3.63, 3.8) is 0 Å². The van der Waals surface area contributed by atoms with Crippen LogP contribution in [0.15, 0.2) is 36.4 Å². The second-order valence-electron chi connectivity index (χ2n) is 8.11. The standard InChI is InChI=1S/C23H28ClNO6/c1-14-6-8-20(17(24)10-14)30-13-16-11-15(7-9-19(16)29-5)12-18(21(26)27)25-22(28)31-23(2,3)4/h6-11,18H,12-13H2,1-5H3,(H,25,28)(H,26,27). The van der Waals surface area contributed by atoms with Crippen molar-refractivity contribution in [3.05, 3.63) is 58.1 Å². The number of aliphatic carboxylic acids is 1. The van der Waals surface area contributed by atoms with Gasteiger partial charge in [-0.05, 0) is 63.1 Å². The van der Waals surface area contributed by atoms with E-state index in [1.165, 1.54) is 0 Å². The number of carbonyl (C=O) groups excluding carboxylic acids is 1. The van der Waals surface area contributed by atoms with Gasteiger partial charge in [-0.3, -0.25) is 0 Å². The molecule has 0 aromatic heterocycles. The highest BCUT2D eigenvalue weighted by Gasteiger charge is 2.24. The fourth-order valence-electron chi connectivity index (χ4n) is 2.84. The summed E-state index contributed by atoms with van der Waals surface area (Å²) in [4.78, 5) is 23.7. The van der Waals surface area contributed by atoms with Crippen LogP contribution in [-0.4, -0.2) is 35.9 Å². The second kappa shape index (κ2) is 10.4. The lowest BCUT2D eigenvalue weighted by atomic mass is 10.0. The van der Waals surface area contributed by atoms with Gasteiger partial charge in [0.1, 0.15) is 29.7 Å². The van der Waals surface area contributed by atoms with Crippen molar-refractivity contribution in [1.29, 1.82) is 0 Å². The number of carboxylic acid groups (broad SMARTS) is 1. The van der Waals surface area contributed by atoms with Crippen LogP contribution in [0, 0.1) is 6.92 Å². The maximum Gasteiger partial charge on any atom is 0.408 e. The van der Waals surface area contributed by atoms with Gasteiger partial charge < -0.3 is 24.6 Å². The average molecular weight is 450 g/mol. The maximum absolute atomic E-state index is 12.0. The first-order valence-electron chi connectivity index (χ1n) is 9.75. The van der Waals surface area contributed by atoms with Gasteiger partial charge in [0.2, 0.25) is 0 Å². The topological polar surface area (TPSA) is 94.1 Å². The molecule has 8 heteroatoms. The SMILES string of the molecule is COc1ccc(CC(NC(=O)OC(C)(C)C)C(=O)O)cc1COc1ccc(C)cc1Cl. The van der Waals surface area contributed by atoms with Crippen molar-refractivity contribution < 1.29 is 28.9 Å². The lowest BCUT2D eigenvalue weighted by molar-refractivity contribution is -0.139. The van der Waals surface area contributed by atoms with Crippen LogP contribution in [0.25, 0.3) is 0 Å². The first-order chi connectivity index (χ1) is 14.5. The summed E-state index contributed by atoms with van der Waals surface area (Å²) in [7, 11) is 1.54. The quantitative estimate of drug-likeness (QED) is 0.603. The number of carboxylic acids is 1. The zero-order valence-corrected chi connectivity index (χ0v) is 19.1. The Morgan fingerprint density at radius 2 is 1.81 bits per heavy atom. The van der Waals surface area contributed by atoms with Crippen LogP contribution >= 0.6 is 11.6 Å². The third-order valence-electron chi connectivity index (χ3n) is 4.24. The summed E-state index contributed by atoms with van der Waals surface area (Å²) in [6, 6.07) is 9.61. The number of rotatable bonds is 8. The van der Waals surface area contributed by atoms with Crippen LogP contribution in [0.5, 0.6) is 11.5 Å². The number of nitrogens with one attached hydrogen (secondary N) is 1. The average Bonchev–Trinajstić information content (AvgIpc) is 2.65. The van der Waals surface area contributed by atoms with Gasteiger partial charge in [-0.2, -0.15) is 0 Å². The predicted octanol–water partition coefficient (Wildman–Crippen LogP) is 4.76. The third-order valence-corrected chi connectivity index (χ3v) is 4.54. The minimum Gasteiger partial charge on any atom is -0.496 e. The molecule has 31 heavy (non-hydrogen) atoms. The molecule has 2 aromatic carbocycles. The fraction of sp³-hybridized carbons (Fsp3) is 0.391. The molecule has 0 saturated carbocycles. The highest BCUT2D eigenvalue weighted by Crippen LogP contribution is 2.28. The van der Waals surface area contributed by atoms with Crippen molar-refractivity contribution in [3.8, 4) is 11.5 Å². The summed E-state index contributed by atoms with van der Waals surface area (Å²) in [5.74, 6) is -0.0281. The zero-order chi connectivity index (χ0) is 23.2. The minimum atomic E-state index is -1.16. The predicted molar refractivity (Wildman–Crippen MR) is 118 cm³/mol. The third kappa shape index (κ3) is 7.68. The number of aryl methyl sites for hydroxylation is 1. The lowest BCUT2D eigenvalue weighted by Crippen LogP contribution is -2.44. The van der Waals surface area contributed by atoms with E-state index >= 15 is 0 Å². The van der Waals surface area contributed by atoms with Crippen molar-refractivity contribution in [2.24, 2.45) is 0 Å². The molecule has 1 unspecified atom stereocenters. The van der Waals surface area contributed by atoms with Crippen molar-refractivity contribution in [2.75, 3.05) is 7.11 Å². The number of carbonyl (C=O) groups is 2. The molecule has 2 aromatic rings. The molecule has 0 saturated heterocycles. The van der Waals surface area contributed by atoms with Crippen molar-refractivity contribution in [2.45, 2.75) is 52.4 Å². The Hall–Kier alpha value is -2.93. The molecular weight excluding hydrogens is 422 g/mol. The largest absolute Gasteiger partial charge is 0.496 e. The van der Waals surface area contributed by atoms with Gasteiger partial charge in [0.15, 0.2) is 0 Å². The molecule has 0 aliphatic carbocycles. The van der Waals surface area contributed by atoms with Crippen LogP contribution < -0.4 is 14.8 Å². The fourth-order valence-corrected chi connectivity index (χ4v) is 3.13. The molecule has 0 aliphatic heterocycles. The van der Waals surface area contributed by atoms with Gasteiger partial charge in [0, 0.05) is 12.0 Å². The Kier molecular flexibility index (Phi) is 8.16. The Labute approximate surface area is 187 Å². The number of halogens is 1. The van der Waals surface area contributed by atoms with Gasteiger partial charge in [-0.15, -0.1) is 0 Å². The normalized spacial score (nSPS) is 12.1. The van der Waals surface area contributed by atoms with Crippen LogP contribution in [-0.2, 0) is 22.6 Å². The van der Waals surface area contributed by atoms with Gasteiger partial charge in [-0.25, -0.2) is 9.59 Å². The summed E-state index contributed by atoms with van der Waals surface area (Å²) in [5.41, 5.74) is 1.71. The Balaban J connectivity index is 2.15. The van der Waals surface area contributed by atoms with Gasteiger partial charge in [-0.1, -0.05) is 23.7 Å². The van der Waals surface area contributed by atoms with E-state index in [9.17, 15) is 14.7 Å². The smallest absolute Gasteiger partial charge is 0.408 e. The highest BCUT2D eigenvalue weighted by molar-refractivity contribution is 6.32. The summed E-state index contributed by atoms with van der Waals surface area (Å²) >= 11 is 6.22. The van der Waals surface area contributed by atoms with Crippen molar-refractivity contribution >= 4 is 23.7 Å². The zero-order valence-electron chi connectivity index (χ0n) is 18.3. The molecule has 0 spiro atoms. The Bertz CT molecular complexity index is 938. The number of methoxy groups -OCH3 is 1. The molecule has 2 N–H and O–H groups in total. The van der Waals surface area contributed by atoms with Gasteiger partial charge in [0.05, 0.1) is 12.1 Å². The van der Waals surface area contributed by atoms with Gasteiger partial charge >= 0.3 is 12.1 Å². The van der Waals surface area contributed by atoms with E-state index in [-0.39, 0.29) is 13.0 Å². The Morgan fingerprint density at radius 3 is 2.39 bits per heavy atom. The van der Waals surface area contributed by atoms with E-state index in [1.54, 1.807) is 52.1 Å². The molecule has 7 nitrogen and oxygen atoms in total. The molecule has 0 heterocycles. The maximum atomic E-state index is 12.0. The molecule has 1 amide bonds. The van der Waals surface area contributed by atoms with E-state index in [0.717, 1.165) is 11.1 Å². The van der Waals surface area contributed by atoms with Crippen LogP contribution in [0.1, 0.15) is 37.5 Å². The van der Waals surface area contributed by atoms with Crippen LogP contribution in [0.3, 0.4) is 0 Å². The lowest BCUT2D eigenvalue weighted by Gasteiger charge is -2.22. The molecular formula is C23H28ClNO6. The molecule has 2 rings (SSSR count). The summed E-state index contributed by atoms with van der Waals surface area (Å²) in [6.45, 7) is 7.23. The number of hydrogen-bond acceptors (Lipinski definition) is 5. The molecule has 168 valence electrons. The number of benzene rings is 2. The number of amides is 1.